The number of anilines is 1. The first-order chi connectivity index (χ1) is 9.06. The van der Waals surface area contributed by atoms with E-state index >= 15 is 0 Å². The van der Waals surface area contributed by atoms with E-state index in [1.54, 1.807) is 0 Å². The number of pyridine rings is 1. The fraction of sp³-hybridized carbons (Fsp3) is 0.688. The lowest BCUT2D eigenvalue weighted by Gasteiger charge is -2.17. The number of hydrogen-bond donors (Lipinski definition) is 1. The highest BCUT2D eigenvalue weighted by Crippen LogP contribution is 2.26. The molecule has 0 bridgehead atoms. The molecule has 106 valence electrons. The Bertz CT molecular complexity index is 375. The highest BCUT2D eigenvalue weighted by atomic mass is 15.2. The summed E-state index contributed by atoms with van der Waals surface area (Å²) in [7, 11) is 0. The zero-order valence-electron chi connectivity index (χ0n) is 12.7. The minimum atomic E-state index is 0.694. The molecule has 2 rings (SSSR count). The van der Waals surface area contributed by atoms with E-state index in [1.807, 2.05) is 6.20 Å². The molecule has 1 aromatic heterocycles. The maximum absolute atomic E-state index is 4.61. The van der Waals surface area contributed by atoms with Gasteiger partial charge in [0.25, 0.3) is 0 Å². The zero-order chi connectivity index (χ0) is 13.8. The summed E-state index contributed by atoms with van der Waals surface area (Å²) in [5, 5.41) is 3.45. The molecule has 0 aliphatic carbocycles. The van der Waals surface area contributed by atoms with Gasteiger partial charge < -0.3 is 10.2 Å². The van der Waals surface area contributed by atoms with E-state index in [9.17, 15) is 0 Å². The molecule has 1 fully saturated rings. The topological polar surface area (TPSA) is 28.2 Å². The molecule has 1 aliphatic rings. The van der Waals surface area contributed by atoms with Gasteiger partial charge in [0.1, 0.15) is 5.82 Å². The smallest absolute Gasteiger partial charge is 0.128 e. The normalized spacial score (nSPS) is 23.3. The van der Waals surface area contributed by atoms with Crippen molar-refractivity contribution in [1.29, 1.82) is 0 Å². The molecule has 1 aliphatic heterocycles. The van der Waals surface area contributed by atoms with E-state index in [2.05, 4.69) is 55.0 Å². The van der Waals surface area contributed by atoms with E-state index in [0.29, 0.717) is 5.92 Å². The Balaban J connectivity index is 1.88. The van der Waals surface area contributed by atoms with Crippen LogP contribution in [0, 0.1) is 17.8 Å². The van der Waals surface area contributed by atoms with E-state index in [1.165, 1.54) is 5.56 Å². The summed E-state index contributed by atoms with van der Waals surface area (Å²) in [5.41, 5.74) is 1.27. The monoisotopic (exact) mass is 261 g/mol. The number of nitrogens with zero attached hydrogens (tertiary/aromatic N) is 2. The number of hydrogen-bond acceptors (Lipinski definition) is 3. The number of nitrogens with one attached hydrogen (secondary N) is 1. The molecule has 2 heterocycles. The van der Waals surface area contributed by atoms with Crippen molar-refractivity contribution >= 4 is 5.82 Å². The molecule has 19 heavy (non-hydrogen) atoms. The van der Waals surface area contributed by atoms with Gasteiger partial charge in [0.15, 0.2) is 0 Å². The van der Waals surface area contributed by atoms with Crippen LogP contribution in [0.1, 0.15) is 33.3 Å². The summed E-state index contributed by atoms with van der Waals surface area (Å²) in [6.07, 6.45) is 2.01. The average molecular weight is 261 g/mol. The standard InChI is InChI=1S/C16H27N3/c1-12(2)7-17-8-15-5-6-16(18-9-15)19-10-13(3)14(4)11-19/h5-6,9,12-14,17H,7-8,10-11H2,1-4H3. The van der Waals surface area contributed by atoms with Crippen molar-refractivity contribution in [1.82, 2.24) is 10.3 Å². The molecule has 0 spiro atoms. The lowest BCUT2D eigenvalue weighted by Crippen LogP contribution is -2.21. The first kappa shape index (κ1) is 14.3. The zero-order valence-corrected chi connectivity index (χ0v) is 12.7. The summed E-state index contributed by atoms with van der Waals surface area (Å²) in [6.45, 7) is 13.4. The van der Waals surface area contributed by atoms with Gasteiger partial charge in [-0.05, 0) is 35.9 Å². The van der Waals surface area contributed by atoms with E-state index in [0.717, 1.165) is 43.8 Å². The maximum atomic E-state index is 4.61. The summed E-state index contributed by atoms with van der Waals surface area (Å²) >= 11 is 0. The summed E-state index contributed by atoms with van der Waals surface area (Å²) in [4.78, 5) is 7.02. The van der Waals surface area contributed by atoms with Gasteiger partial charge in [-0.3, -0.25) is 0 Å². The number of aromatic nitrogens is 1. The molecule has 2 unspecified atom stereocenters. The van der Waals surface area contributed by atoms with Crippen molar-refractivity contribution in [2.75, 3.05) is 24.5 Å². The van der Waals surface area contributed by atoms with Crippen LogP contribution in [0.25, 0.3) is 0 Å². The Morgan fingerprint density at radius 3 is 2.47 bits per heavy atom. The Labute approximate surface area is 117 Å². The average Bonchev–Trinajstić information content (AvgIpc) is 2.70. The maximum Gasteiger partial charge on any atom is 0.128 e. The second-order valence-corrected chi connectivity index (χ2v) is 6.41. The lowest BCUT2D eigenvalue weighted by molar-refractivity contribution is 0.494. The van der Waals surface area contributed by atoms with Crippen LogP contribution in [0.5, 0.6) is 0 Å². The van der Waals surface area contributed by atoms with E-state index in [4.69, 9.17) is 0 Å². The second kappa shape index (κ2) is 6.38. The quantitative estimate of drug-likeness (QED) is 0.883. The van der Waals surface area contributed by atoms with Gasteiger partial charge in [0.2, 0.25) is 0 Å². The van der Waals surface area contributed by atoms with Crippen LogP contribution in [0.3, 0.4) is 0 Å². The Kier molecular flexibility index (Phi) is 4.81. The van der Waals surface area contributed by atoms with Gasteiger partial charge in [0.05, 0.1) is 0 Å². The molecule has 0 radical (unpaired) electrons. The van der Waals surface area contributed by atoms with Crippen LogP contribution >= 0.6 is 0 Å². The van der Waals surface area contributed by atoms with Crippen molar-refractivity contribution in [2.45, 2.75) is 34.2 Å². The lowest BCUT2D eigenvalue weighted by atomic mass is 10.0. The van der Waals surface area contributed by atoms with Crippen molar-refractivity contribution in [3.05, 3.63) is 23.9 Å². The molecular weight excluding hydrogens is 234 g/mol. The largest absolute Gasteiger partial charge is 0.356 e. The van der Waals surface area contributed by atoms with E-state index < -0.39 is 0 Å². The molecule has 0 saturated carbocycles. The summed E-state index contributed by atoms with van der Waals surface area (Å²) < 4.78 is 0. The third-order valence-electron chi connectivity index (χ3n) is 4.00. The predicted molar refractivity (Wildman–Crippen MR) is 81.3 cm³/mol. The van der Waals surface area contributed by atoms with Gasteiger partial charge in [0, 0.05) is 25.8 Å². The Hall–Kier alpha value is -1.09. The first-order valence-electron chi connectivity index (χ1n) is 7.47. The van der Waals surface area contributed by atoms with Gasteiger partial charge in [-0.25, -0.2) is 4.98 Å². The van der Waals surface area contributed by atoms with Gasteiger partial charge in [-0.1, -0.05) is 33.8 Å². The molecule has 3 heteroatoms. The van der Waals surface area contributed by atoms with Crippen LogP contribution in [0.4, 0.5) is 5.82 Å². The van der Waals surface area contributed by atoms with Crippen molar-refractivity contribution in [3.63, 3.8) is 0 Å². The van der Waals surface area contributed by atoms with Crippen LogP contribution < -0.4 is 10.2 Å². The van der Waals surface area contributed by atoms with Crippen LogP contribution in [-0.4, -0.2) is 24.6 Å². The molecule has 3 nitrogen and oxygen atoms in total. The first-order valence-corrected chi connectivity index (χ1v) is 7.47. The highest BCUT2D eigenvalue weighted by Gasteiger charge is 2.26. The SMILES string of the molecule is CC(C)CNCc1ccc(N2CC(C)C(C)C2)nc1. The molecule has 2 atom stereocenters. The molecule has 0 amide bonds. The summed E-state index contributed by atoms with van der Waals surface area (Å²) in [6, 6.07) is 4.36. The highest BCUT2D eigenvalue weighted by molar-refractivity contribution is 5.40. The van der Waals surface area contributed by atoms with Crippen LogP contribution in [-0.2, 0) is 6.54 Å². The van der Waals surface area contributed by atoms with Crippen molar-refractivity contribution < 1.29 is 0 Å². The minimum absolute atomic E-state index is 0.694. The molecule has 1 saturated heterocycles. The molecule has 0 aromatic carbocycles. The van der Waals surface area contributed by atoms with Crippen LogP contribution in [0.2, 0.25) is 0 Å². The second-order valence-electron chi connectivity index (χ2n) is 6.41. The van der Waals surface area contributed by atoms with Gasteiger partial charge >= 0.3 is 0 Å². The number of rotatable bonds is 5. The van der Waals surface area contributed by atoms with E-state index in [-0.39, 0.29) is 0 Å². The predicted octanol–water partition coefficient (Wildman–Crippen LogP) is 2.92. The molecule has 1 aromatic rings. The van der Waals surface area contributed by atoms with Crippen molar-refractivity contribution in [3.8, 4) is 0 Å². The third kappa shape index (κ3) is 3.93. The Morgan fingerprint density at radius 2 is 1.95 bits per heavy atom. The fourth-order valence-electron chi connectivity index (χ4n) is 2.53. The van der Waals surface area contributed by atoms with Gasteiger partial charge in [-0.15, -0.1) is 0 Å². The summed E-state index contributed by atoms with van der Waals surface area (Å²) in [5.74, 6) is 3.37. The third-order valence-corrected chi connectivity index (χ3v) is 4.00. The van der Waals surface area contributed by atoms with Gasteiger partial charge in [-0.2, -0.15) is 0 Å². The Morgan fingerprint density at radius 1 is 1.26 bits per heavy atom. The van der Waals surface area contributed by atoms with Crippen molar-refractivity contribution in [2.24, 2.45) is 17.8 Å². The molecular formula is C16H27N3. The van der Waals surface area contributed by atoms with Crippen LogP contribution in [0.15, 0.2) is 18.3 Å². The molecule has 1 N–H and O–H groups in total. The fourth-order valence-corrected chi connectivity index (χ4v) is 2.53. The minimum Gasteiger partial charge on any atom is -0.356 e.